The Bertz CT molecular complexity index is 1090. The number of nitrogens with two attached hydrogens (primary N) is 1. The number of halogens is 3. The van der Waals surface area contributed by atoms with Crippen molar-refractivity contribution >= 4 is 11.8 Å². The molecule has 32 heavy (non-hydrogen) atoms. The summed E-state index contributed by atoms with van der Waals surface area (Å²) in [4.78, 5) is 24.4. The van der Waals surface area contributed by atoms with E-state index in [9.17, 15) is 22.8 Å². The van der Waals surface area contributed by atoms with Crippen molar-refractivity contribution in [1.29, 1.82) is 0 Å². The van der Waals surface area contributed by atoms with Crippen molar-refractivity contribution in [2.75, 3.05) is 0 Å². The van der Waals surface area contributed by atoms with Gasteiger partial charge in [-0.15, -0.1) is 0 Å². The lowest BCUT2D eigenvalue weighted by molar-refractivity contribution is -0.141. The van der Waals surface area contributed by atoms with Crippen LogP contribution in [0.3, 0.4) is 0 Å². The number of nitrogens with one attached hydrogen (secondary N) is 2. The van der Waals surface area contributed by atoms with Gasteiger partial charge >= 0.3 is 6.18 Å². The van der Waals surface area contributed by atoms with E-state index < -0.39 is 23.8 Å². The molecule has 10 heteroatoms. The van der Waals surface area contributed by atoms with E-state index in [1.54, 1.807) is 42.5 Å². The van der Waals surface area contributed by atoms with Gasteiger partial charge < -0.3 is 16.4 Å². The zero-order chi connectivity index (χ0) is 23.3. The third-order valence-electron chi connectivity index (χ3n) is 4.56. The molecule has 0 fully saturated rings. The highest BCUT2D eigenvalue weighted by Crippen LogP contribution is 2.29. The first-order valence-corrected chi connectivity index (χ1v) is 9.77. The average molecular weight is 445 g/mol. The Balaban J connectivity index is 1.88. The normalized spacial score (nSPS) is 12.3. The maximum Gasteiger partial charge on any atom is 0.435 e. The smallest absolute Gasteiger partial charge is 0.351 e. The summed E-state index contributed by atoms with van der Waals surface area (Å²) in [7, 11) is 0. The minimum atomic E-state index is -4.72. The van der Waals surface area contributed by atoms with Gasteiger partial charge in [-0.25, -0.2) is 4.68 Å². The molecule has 0 saturated heterocycles. The Morgan fingerprint density at radius 2 is 1.66 bits per heavy atom. The lowest BCUT2D eigenvalue weighted by Crippen LogP contribution is -2.37. The Morgan fingerprint density at radius 1 is 1.00 bits per heavy atom. The van der Waals surface area contributed by atoms with Crippen LogP contribution in [0.25, 0.3) is 5.69 Å². The number of benzene rings is 2. The molecular formula is C22H22F3N5O2. The number of hydrogen-bond donors (Lipinski definition) is 3. The first-order valence-electron chi connectivity index (χ1n) is 9.77. The second-order valence-electron chi connectivity index (χ2n) is 7.17. The van der Waals surface area contributed by atoms with Crippen LogP contribution in [0.2, 0.25) is 0 Å². The lowest BCUT2D eigenvalue weighted by Gasteiger charge is -2.11. The van der Waals surface area contributed by atoms with Gasteiger partial charge in [-0.2, -0.15) is 18.3 Å². The van der Waals surface area contributed by atoms with Crippen LogP contribution in [0.5, 0.6) is 0 Å². The van der Waals surface area contributed by atoms with Crippen molar-refractivity contribution in [3.63, 3.8) is 0 Å². The quantitative estimate of drug-likeness (QED) is 0.521. The molecule has 168 valence electrons. The molecule has 1 heterocycles. The van der Waals surface area contributed by atoms with Gasteiger partial charge in [-0.05, 0) is 30.2 Å². The van der Waals surface area contributed by atoms with E-state index in [-0.39, 0.29) is 30.4 Å². The SMILES string of the molecule is C[C@H](N)C(=O)NCc1cccc(-n2nc(C(F)(F)F)cc2C(=O)NCc2ccccc2)c1. The molecule has 4 N–H and O–H groups in total. The molecule has 1 aromatic heterocycles. The van der Waals surface area contributed by atoms with Crippen LogP contribution in [0.1, 0.15) is 34.2 Å². The Kier molecular flexibility index (Phi) is 6.94. The van der Waals surface area contributed by atoms with Crippen LogP contribution in [0, 0.1) is 0 Å². The summed E-state index contributed by atoms with van der Waals surface area (Å²) >= 11 is 0. The molecule has 3 aromatic rings. The summed E-state index contributed by atoms with van der Waals surface area (Å²) in [6, 6.07) is 15.4. The Hall–Kier alpha value is -3.66. The number of rotatable bonds is 7. The van der Waals surface area contributed by atoms with E-state index in [2.05, 4.69) is 15.7 Å². The Morgan fingerprint density at radius 3 is 2.31 bits per heavy atom. The molecule has 0 bridgehead atoms. The minimum absolute atomic E-state index is 0.122. The molecule has 0 unspecified atom stereocenters. The van der Waals surface area contributed by atoms with Crippen molar-refractivity contribution in [2.45, 2.75) is 32.2 Å². The molecule has 3 rings (SSSR count). The number of nitrogens with zero attached hydrogens (tertiary/aromatic N) is 2. The number of carbonyl (C=O) groups is 2. The van der Waals surface area contributed by atoms with E-state index >= 15 is 0 Å². The zero-order valence-electron chi connectivity index (χ0n) is 17.2. The third kappa shape index (κ3) is 5.73. The molecule has 0 aliphatic rings. The van der Waals surface area contributed by atoms with Gasteiger partial charge in [0, 0.05) is 19.2 Å². The first kappa shape index (κ1) is 23.0. The Labute approximate surface area is 182 Å². The molecular weight excluding hydrogens is 423 g/mol. The summed E-state index contributed by atoms with van der Waals surface area (Å²) in [5.41, 5.74) is 5.73. The maximum absolute atomic E-state index is 13.3. The zero-order valence-corrected chi connectivity index (χ0v) is 17.2. The largest absolute Gasteiger partial charge is 0.435 e. The molecule has 2 aromatic carbocycles. The molecule has 0 saturated carbocycles. The summed E-state index contributed by atoms with van der Waals surface area (Å²) in [6.45, 7) is 1.81. The van der Waals surface area contributed by atoms with Crippen molar-refractivity contribution in [3.05, 3.63) is 83.2 Å². The number of aromatic nitrogens is 2. The maximum atomic E-state index is 13.3. The fourth-order valence-electron chi connectivity index (χ4n) is 2.90. The van der Waals surface area contributed by atoms with E-state index in [0.717, 1.165) is 10.2 Å². The number of amides is 2. The van der Waals surface area contributed by atoms with Gasteiger partial charge in [-0.1, -0.05) is 42.5 Å². The highest BCUT2D eigenvalue weighted by Gasteiger charge is 2.36. The highest BCUT2D eigenvalue weighted by molar-refractivity contribution is 5.93. The summed E-state index contributed by atoms with van der Waals surface area (Å²) in [5.74, 6) is -1.07. The van der Waals surface area contributed by atoms with Crippen molar-refractivity contribution in [3.8, 4) is 5.69 Å². The van der Waals surface area contributed by atoms with Gasteiger partial charge in [0.1, 0.15) is 5.69 Å². The van der Waals surface area contributed by atoms with Gasteiger partial charge in [-0.3, -0.25) is 9.59 Å². The van der Waals surface area contributed by atoms with Crippen LogP contribution >= 0.6 is 0 Å². The standard InChI is InChI=1S/C22H22F3N5O2/c1-14(26)20(31)27-13-16-8-5-9-17(10-16)30-18(11-19(29-30)22(23,24)25)21(32)28-12-15-6-3-2-4-7-15/h2-11,14H,12-13,26H2,1H3,(H,27,31)(H,28,32)/t14-/m0/s1. The molecule has 0 spiro atoms. The van der Waals surface area contributed by atoms with Gasteiger partial charge in [0.25, 0.3) is 5.91 Å². The molecule has 7 nitrogen and oxygen atoms in total. The minimum Gasteiger partial charge on any atom is -0.351 e. The predicted molar refractivity (Wildman–Crippen MR) is 112 cm³/mol. The fraction of sp³-hybridized carbons (Fsp3) is 0.227. The van der Waals surface area contributed by atoms with Gasteiger partial charge in [0.2, 0.25) is 5.91 Å². The monoisotopic (exact) mass is 445 g/mol. The molecule has 0 radical (unpaired) electrons. The molecule has 0 aliphatic heterocycles. The molecule has 2 amide bonds. The van der Waals surface area contributed by atoms with Crippen LogP contribution in [0.4, 0.5) is 13.2 Å². The van der Waals surface area contributed by atoms with Crippen molar-refractivity contribution < 1.29 is 22.8 Å². The van der Waals surface area contributed by atoms with Crippen LogP contribution in [-0.2, 0) is 24.1 Å². The number of alkyl halides is 3. The second kappa shape index (κ2) is 9.65. The highest BCUT2D eigenvalue weighted by atomic mass is 19.4. The summed E-state index contributed by atoms with van der Waals surface area (Å²) in [6.07, 6.45) is -4.72. The number of carbonyl (C=O) groups excluding carboxylic acids is 2. The first-order chi connectivity index (χ1) is 15.1. The second-order valence-corrected chi connectivity index (χ2v) is 7.17. The van der Waals surface area contributed by atoms with Gasteiger partial charge in [0.15, 0.2) is 5.69 Å². The van der Waals surface area contributed by atoms with Crippen molar-refractivity contribution in [1.82, 2.24) is 20.4 Å². The lowest BCUT2D eigenvalue weighted by atomic mass is 10.2. The number of hydrogen-bond acceptors (Lipinski definition) is 4. The van der Waals surface area contributed by atoms with Crippen LogP contribution < -0.4 is 16.4 Å². The van der Waals surface area contributed by atoms with Crippen molar-refractivity contribution in [2.24, 2.45) is 5.73 Å². The predicted octanol–water partition coefficient (Wildman–Crippen LogP) is 2.78. The molecule has 0 aliphatic carbocycles. The van der Waals surface area contributed by atoms with E-state index in [4.69, 9.17) is 5.73 Å². The average Bonchev–Trinajstić information content (AvgIpc) is 3.23. The van der Waals surface area contributed by atoms with E-state index in [1.165, 1.54) is 13.0 Å². The topological polar surface area (TPSA) is 102 Å². The van der Waals surface area contributed by atoms with E-state index in [0.29, 0.717) is 11.6 Å². The molecule has 1 atom stereocenters. The van der Waals surface area contributed by atoms with E-state index in [1.807, 2.05) is 6.07 Å². The van der Waals surface area contributed by atoms with Crippen LogP contribution in [0.15, 0.2) is 60.7 Å². The van der Waals surface area contributed by atoms with Crippen LogP contribution in [-0.4, -0.2) is 27.6 Å². The summed E-state index contributed by atoms with van der Waals surface area (Å²) < 4.78 is 40.9. The van der Waals surface area contributed by atoms with Gasteiger partial charge in [0.05, 0.1) is 11.7 Å². The third-order valence-corrected chi connectivity index (χ3v) is 4.56. The summed E-state index contributed by atoms with van der Waals surface area (Å²) in [5, 5.41) is 8.86. The fourth-order valence-corrected chi connectivity index (χ4v) is 2.90.